The first kappa shape index (κ1) is 16.8. The molecule has 0 saturated carbocycles. The van der Waals surface area contributed by atoms with E-state index in [4.69, 9.17) is 5.73 Å². The van der Waals surface area contributed by atoms with E-state index in [0.29, 0.717) is 13.1 Å². The maximum atomic E-state index is 12.7. The smallest absolute Gasteiger partial charge is 0.314 e. The van der Waals surface area contributed by atoms with Gasteiger partial charge in [0, 0.05) is 45.8 Å². The summed E-state index contributed by atoms with van der Waals surface area (Å²) < 4.78 is 0. The Hall–Kier alpha value is -2.08. The van der Waals surface area contributed by atoms with Crippen molar-refractivity contribution in [1.82, 2.24) is 14.7 Å². The van der Waals surface area contributed by atoms with Crippen LogP contribution in [-0.2, 0) is 11.3 Å². The summed E-state index contributed by atoms with van der Waals surface area (Å²) in [4.78, 5) is 30.0. The van der Waals surface area contributed by atoms with Crippen molar-refractivity contribution in [3.05, 3.63) is 35.9 Å². The summed E-state index contributed by atoms with van der Waals surface area (Å²) in [6, 6.07) is 10.0. The molecule has 6 heteroatoms. The molecule has 1 atom stereocenters. The van der Waals surface area contributed by atoms with E-state index in [2.05, 4.69) is 29.2 Å². The Balaban J connectivity index is 1.49. The maximum absolute atomic E-state index is 12.7. The molecule has 2 saturated heterocycles. The molecule has 0 bridgehead atoms. The zero-order valence-electron chi connectivity index (χ0n) is 14.1. The number of rotatable bonds is 3. The number of benzene rings is 1. The number of primary amides is 1. The molecule has 3 rings (SSSR count). The van der Waals surface area contributed by atoms with Gasteiger partial charge in [-0.1, -0.05) is 30.3 Å². The molecule has 2 N–H and O–H groups in total. The standard InChI is InChI=1S/C18H26N4O2/c19-18(24)22-8-4-7-16(14-22)17(23)21-11-9-20(10-12-21)13-15-5-2-1-3-6-15/h1-3,5-6,16H,4,7-14H2,(H2,19,24)/t16-/m0/s1. The number of nitrogens with two attached hydrogens (primary N) is 1. The third-order valence-electron chi connectivity index (χ3n) is 5.02. The van der Waals surface area contributed by atoms with Gasteiger partial charge in [0.2, 0.25) is 5.91 Å². The summed E-state index contributed by atoms with van der Waals surface area (Å²) in [6.07, 6.45) is 1.71. The van der Waals surface area contributed by atoms with Crippen LogP contribution in [0.25, 0.3) is 0 Å². The van der Waals surface area contributed by atoms with Crippen LogP contribution in [0.5, 0.6) is 0 Å². The molecule has 130 valence electrons. The number of hydrogen-bond donors (Lipinski definition) is 1. The Morgan fingerprint density at radius 2 is 1.71 bits per heavy atom. The van der Waals surface area contributed by atoms with Crippen LogP contribution in [0.4, 0.5) is 4.79 Å². The lowest BCUT2D eigenvalue weighted by Gasteiger charge is -2.38. The van der Waals surface area contributed by atoms with E-state index in [-0.39, 0.29) is 11.8 Å². The predicted molar refractivity (Wildman–Crippen MR) is 92.2 cm³/mol. The highest BCUT2D eigenvalue weighted by Crippen LogP contribution is 2.20. The topological polar surface area (TPSA) is 69.9 Å². The third kappa shape index (κ3) is 4.06. The number of nitrogens with zero attached hydrogens (tertiary/aromatic N) is 3. The van der Waals surface area contributed by atoms with Crippen molar-refractivity contribution in [3.63, 3.8) is 0 Å². The van der Waals surface area contributed by atoms with Gasteiger partial charge in [0.25, 0.3) is 0 Å². The first-order valence-electron chi connectivity index (χ1n) is 8.73. The molecule has 2 aliphatic rings. The zero-order chi connectivity index (χ0) is 16.9. The van der Waals surface area contributed by atoms with E-state index >= 15 is 0 Å². The first-order valence-corrected chi connectivity index (χ1v) is 8.73. The molecule has 0 unspecified atom stereocenters. The van der Waals surface area contributed by atoms with Gasteiger partial charge in [-0.05, 0) is 18.4 Å². The number of amides is 3. The average Bonchev–Trinajstić information content (AvgIpc) is 2.63. The van der Waals surface area contributed by atoms with E-state index in [1.54, 1.807) is 4.90 Å². The molecule has 2 aliphatic heterocycles. The second-order valence-corrected chi connectivity index (χ2v) is 6.71. The summed E-state index contributed by atoms with van der Waals surface area (Å²) in [5, 5.41) is 0. The highest BCUT2D eigenvalue weighted by molar-refractivity contribution is 5.80. The predicted octanol–water partition coefficient (Wildman–Crippen LogP) is 1.12. The van der Waals surface area contributed by atoms with Crippen LogP contribution in [0.3, 0.4) is 0 Å². The van der Waals surface area contributed by atoms with Crippen LogP contribution in [0.2, 0.25) is 0 Å². The second kappa shape index (κ2) is 7.66. The van der Waals surface area contributed by atoms with Gasteiger partial charge < -0.3 is 15.5 Å². The molecule has 0 aromatic heterocycles. The number of carbonyl (C=O) groups excluding carboxylic acids is 2. The molecule has 2 fully saturated rings. The SMILES string of the molecule is NC(=O)N1CCC[C@H](C(=O)N2CCN(Cc3ccccc3)CC2)C1. The molecule has 24 heavy (non-hydrogen) atoms. The molecule has 3 amide bonds. The molecular formula is C18H26N4O2. The van der Waals surface area contributed by atoms with Gasteiger partial charge in [-0.25, -0.2) is 4.79 Å². The second-order valence-electron chi connectivity index (χ2n) is 6.71. The monoisotopic (exact) mass is 330 g/mol. The Labute approximate surface area is 143 Å². The molecule has 0 aliphatic carbocycles. The first-order chi connectivity index (χ1) is 11.6. The molecule has 1 aromatic rings. The number of hydrogen-bond acceptors (Lipinski definition) is 3. The number of piperazine rings is 1. The van der Waals surface area contributed by atoms with Crippen LogP contribution in [0.15, 0.2) is 30.3 Å². The van der Waals surface area contributed by atoms with Gasteiger partial charge in [-0.2, -0.15) is 0 Å². The van der Waals surface area contributed by atoms with Gasteiger partial charge in [-0.15, -0.1) is 0 Å². The van der Waals surface area contributed by atoms with E-state index in [1.165, 1.54) is 5.56 Å². The zero-order valence-corrected chi connectivity index (χ0v) is 14.1. The summed E-state index contributed by atoms with van der Waals surface area (Å²) in [5.74, 6) is 0.0900. The van der Waals surface area contributed by atoms with E-state index in [9.17, 15) is 9.59 Å². The fourth-order valence-corrected chi connectivity index (χ4v) is 3.61. The Bertz CT molecular complexity index is 570. The fraction of sp³-hybridized carbons (Fsp3) is 0.556. The summed E-state index contributed by atoms with van der Waals surface area (Å²) in [7, 11) is 0. The number of likely N-dealkylation sites (tertiary alicyclic amines) is 1. The number of urea groups is 1. The van der Waals surface area contributed by atoms with Crippen molar-refractivity contribution < 1.29 is 9.59 Å². The quantitative estimate of drug-likeness (QED) is 0.903. The van der Waals surface area contributed by atoms with Crippen LogP contribution >= 0.6 is 0 Å². The van der Waals surface area contributed by atoms with Crippen molar-refractivity contribution in [2.24, 2.45) is 11.7 Å². The lowest BCUT2D eigenvalue weighted by atomic mass is 9.96. The van der Waals surface area contributed by atoms with Gasteiger partial charge in [0.15, 0.2) is 0 Å². The van der Waals surface area contributed by atoms with Gasteiger partial charge >= 0.3 is 6.03 Å². The molecular weight excluding hydrogens is 304 g/mol. The van der Waals surface area contributed by atoms with Gasteiger partial charge in [-0.3, -0.25) is 9.69 Å². The van der Waals surface area contributed by atoms with Crippen molar-refractivity contribution >= 4 is 11.9 Å². The molecule has 1 aromatic carbocycles. The minimum atomic E-state index is -0.416. The molecule has 0 radical (unpaired) electrons. The summed E-state index contributed by atoms with van der Waals surface area (Å²) in [5.41, 5.74) is 6.66. The highest BCUT2D eigenvalue weighted by atomic mass is 16.2. The van der Waals surface area contributed by atoms with Gasteiger partial charge in [0.1, 0.15) is 0 Å². The van der Waals surface area contributed by atoms with Gasteiger partial charge in [0.05, 0.1) is 5.92 Å². The lowest BCUT2D eigenvalue weighted by molar-refractivity contribution is -0.138. The molecule has 2 heterocycles. The summed E-state index contributed by atoms with van der Waals surface area (Å²) >= 11 is 0. The highest BCUT2D eigenvalue weighted by Gasteiger charge is 2.31. The molecule has 6 nitrogen and oxygen atoms in total. The van der Waals surface area contributed by atoms with Crippen molar-refractivity contribution in [2.75, 3.05) is 39.3 Å². The van der Waals surface area contributed by atoms with Crippen LogP contribution in [0, 0.1) is 5.92 Å². The van der Waals surface area contributed by atoms with E-state index in [0.717, 1.165) is 45.6 Å². The van der Waals surface area contributed by atoms with Crippen molar-refractivity contribution in [2.45, 2.75) is 19.4 Å². The normalized spacial score (nSPS) is 22.4. The Morgan fingerprint density at radius 3 is 2.38 bits per heavy atom. The van der Waals surface area contributed by atoms with E-state index in [1.807, 2.05) is 11.0 Å². The maximum Gasteiger partial charge on any atom is 0.314 e. The minimum absolute atomic E-state index is 0.0908. The molecule has 0 spiro atoms. The van der Waals surface area contributed by atoms with E-state index < -0.39 is 6.03 Å². The number of carbonyl (C=O) groups is 2. The van der Waals surface area contributed by atoms with Crippen LogP contribution in [-0.4, -0.2) is 65.9 Å². The van der Waals surface area contributed by atoms with Crippen molar-refractivity contribution in [3.8, 4) is 0 Å². The van der Waals surface area contributed by atoms with Crippen molar-refractivity contribution in [1.29, 1.82) is 0 Å². The van der Waals surface area contributed by atoms with Crippen LogP contribution in [0.1, 0.15) is 18.4 Å². The Morgan fingerprint density at radius 1 is 1.00 bits per heavy atom. The van der Waals surface area contributed by atoms with Crippen LogP contribution < -0.4 is 5.73 Å². The fourth-order valence-electron chi connectivity index (χ4n) is 3.61. The lowest BCUT2D eigenvalue weighted by Crippen LogP contribution is -2.53. The largest absolute Gasteiger partial charge is 0.351 e. The summed E-state index contributed by atoms with van der Waals surface area (Å²) in [6.45, 7) is 5.39. The minimum Gasteiger partial charge on any atom is -0.351 e. The average molecular weight is 330 g/mol. The number of piperidine rings is 1. The third-order valence-corrected chi connectivity index (χ3v) is 5.02. The Kier molecular flexibility index (Phi) is 5.35.